The van der Waals surface area contributed by atoms with E-state index < -0.39 is 0 Å². The van der Waals surface area contributed by atoms with Crippen molar-refractivity contribution in [3.63, 3.8) is 0 Å². The molecule has 0 aromatic heterocycles. The van der Waals surface area contributed by atoms with Crippen molar-refractivity contribution >= 4 is 11.9 Å². The van der Waals surface area contributed by atoms with Gasteiger partial charge in [0.05, 0.1) is 6.61 Å². The molecule has 1 fully saturated rings. The summed E-state index contributed by atoms with van der Waals surface area (Å²) in [7, 11) is 3.51. The van der Waals surface area contributed by atoms with Gasteiger partial charge in [0, 0.05) is 46.2 Å². The summed E-state index contributed by atoms with van der Waals surface area (Å²) in [6, 6.07) is 7.96. The molecule has 2 heterocycles. The number of hydrogen-bond donors (Lipinski definition) is 0. The van der Waals surface area contributed by atoms with E-state index in [4.69, 9.17) is 4.74 Å². The fourth-order valence-corrected chi connectivity index (χ4v) is 3.36. The molecule has 0 saturated carbocycles. The molecule has 1 saturated heterocycles. The summed E-state index contributed by atoms with van der Waals surface area (Å²) in [5, 5.41) is 0. The van der Waals surface area contributed by atoms with Crippen molar-refractivity contribution in [1.82, 2.24) is 14.7 Å². The smallest absolute Gasteiger partial charge is 0.319 e. The molecule has 0 spiro atoms. The first-order valence-corrected chi connectivity index (χ1v) is 8.52. The van der Waals surface area contributed by atoms with Gasteiger partial charge in [-0.3, -0.25) is 4.79 Å². The normalized spacial score (nSPS) is 20.7. The van der Waals surface area contributed by atoms with Crippen LogP contribution in [-0.4, -0.2) is 73.5 Å². The first kappa shape index (κ1) is 16.6. The zero-order valence-corrected chi connectivity index (χ0v) is 14.4. The molecule has 6 nitrogen and oxygen atoms in total. The van der Waals surface area contributed by atoms with Gasteiger partial charge in [0.1, 0.15) is 5.75 Å². The number of rotatable bonds is 1. The maximum Gasteiger partial charge on any atom is 0.319 e. The predicted octanol–water partition coefficient (Wildman–Crippen LogP) is 1.45. The highest BCUT2D eigenvalue weighted by Gasteiger charge is 2.31. The quantitative estimate of drug-likeness (QED) is 0.783. The Balaban J connectivity index is 1.60. The standard InChI is InChI=1S/C18H25N3O3/c1-19(2)18(23)21-10-8-20(9-11-21)17(22)15-7-12-24-16-6-4-3-5-14(16)13-15/h3-6,15H,7-13H2,1-2H3/t15-/m0/s1. The molecule has 3 amide bonds. The second-order valence-corrected chi connectivity index (χ2v) is 6.64. The second kappa shape index (κ2) is 7.11. The highest BCUT2D eigenvalue weighted by atomic mass is 16.5. The number of nitrogens with zero attached hydrogens (tertiary/aromatic N) is 3. The average molecular weight is 331 g/mol. The maximum absolute atomic E-state index is 12.9. The Morgan fingerprint density at radius 3 is 2.46 bits per heavy atom. The number of urea groups is 1. The molecule has 3 rings (SSSR count). The van der Waals surface area contributed by atoms with E-state index >= 15 is 0 Å². The van der Waals surface area contributed by atoms with Crippen molar-refractivity contribution < 1.29 is 14.3 Å². The third-order valence-electron chi connectivity index (χ3n) is 4.76. The van der Waals surface area contributed by atoms with Gasteiger partial charge >= 0.3 is 6.03 Å². The highest BCUT2D eigenvalue weighted by Crippen LogP contribution is 2.27. The Morgan fingerprint density at radius 1 is 1.08 bits per heavy atom. The number of carbonyl (C=O) groups is 2. The Labute approximate surface area is 143 Å². The summed E-state index contributed by atoms with van der Waals surface area (Å²) in [6.45, 7) is 2.99. The van der Waals surface area contributed by atoms with Crippen LogP contribution in [0.25, 0.3) is 0 Å². The van der Waals surface area contributed by atoms with Crippen LogP contribution < -0.4 is 4.74 Å². The molecule has 130 valence electrons. The van der Waals surface area contributed by atoms with Crippen LogP contribution in [-0.2, 0) is 11.2 Å². The lowest BCUT2D eigenvalue weighted by molar-refractivity contribution is -0.137. The number of piperazine rings is 1. The van der Waals surface area contributed by atoms with Gasteiger partial charge in [-0.1, -0.05) is 18.2 Å². The number of para-hydroxylation sites is 1. The van der Waals surface area contributed by atoms with Crippen LogP contribution in [0.3, 0.4) is 0 Å². The number of amides is 3. The fourth-order valence-electron chi connectivity index (χ4n) is 3.36. The Bertz CT molecular complexity index is 609. The van der Waals surface area contributed by atoms with Gasteiger partial charge in [-0.2, -0.15) is 0 Å². The monoisotopic (exact) mass is 331 g/mol. The lowest BCUT2D eigenvalue weighted by atomic mass is 9.95. The zero-order valence-electron chi connectivity index (χ0n) is 14.4. The summed E-state index contributed by atoms with van der Waals surface area (Å²) < 4.78 is 5.76. The van der Waals surface area contributed by atoms with Crippen molar-refractivity contribution in [3.05, 3.63) is 29.8 Å². The SMILES string of the molecule is CN(C)C(=O)N1CCN(C(=O)[C@H]2CCOc3ccccc3C2)CC1. The van der Waals surface area contributed by atoms with Crippen molar-refractivity contribution in [2.45, 2.75) is 12.8 Å². The highest BCUT2D eigenvalue weighted by molar-refractivity contribution is 5.80. The molecular weight excluding hydrogens is 306 g/mol. The van der Waals surface area contributed by atoms with Crippen LogP contribution in [0.2, 0.25) is 0 Å². The molecule has 1 aromatic carbocycles. The summed E-state index contributed by atoms with van der Waals surface area (Å²) in [4.78, 5) is 30.2. The van der Waals surface area contributed by atoms with Crippen LogP contribution in [0.5, 0.6) is 5.75 Å². The largest absolute Gasteiger partial charge is 0.493 e. The predicted molar refractivity (Wildman–Crippen MR) is 91.0 cm³/mol. The van der Waals surface area contributed by atoms with Gasteiger partial charge in [-0.25, -0.2) is 4.79 Å². The van der Waals surface area contributed by atoms with Gasteiger partial charge < -0.3 is 19.4 Å². The molecule has 0 aliphatic carbocycles. The van der Waals surface area contributed by atoms with Crippen LogP contribution in [0.15, 0.2) is 24.3 Å². The molecule has 24 heavy (non-hydrogen) atoms. The maximum atomic E-state index is 12.9. The van der Waals surface area contributed by atoms with Gasteiger partial charge in [0.2, 0.25) is 5.91 Å². The molecule has 0 bridgehead atoms. The summed E-state index contributed by atoms with van der Waals surface area (Å²) in [5.41, 5.74) is 1.11. The topological polar surface area (TPSA) is 53.1 Å². The number of hydrogen-bond acceptors (Lipinski definition) is 3. The number of fused-ring (bicyclic) bond motifs is 1. The third-order valence-corrected chi connectivity index (χ3v) is 4.76. The zero-order chi connectivity index (χ0) is 17.1. The molecule has 6 heteroatoms. The molecule has 0 radical (unpaired) electrons. The minimum absolute atomic E-state index is 0.0129. The molecule has 2 aliphatic rings. The number of benzene rings is 1. The van der Waals surface area contributed by atoms with E-state index in [9.17, 15) is 9.59 Å². The van der Waals surface area contributed by atoms with Crippen molar-refractivity contribution in [2.75, 3.05) is 46.9 Å². The van der Waals surface area contributed by atoms with E-state index in [0.29, 0.717) is 32.8 Å². The van der Waals surface area contributed by atoms with Crippen LogP contribution in [0.4, 0.5) is 4.79 Å². The van der Waals surface area contributed by atoms with Crippen molar-refractivity contribution in [3.8, 4) is 5.75 Å². The lowest BCUT2D eigenvalue weighted by Crippen LogP contribution is -2.54. The lowest BCUT2D eigenvalue weighted by Gasteiger charge is -2.37. The number of ether oxygens (including phenoxy) is 1. The van der Waals surface area contributed by atoms with Crippen LogP contribution >= 0.6 is 0 Å². The summed E-state index contributed by atoms with van der Waals surface area (Å²) >= 11 is 0. The Hall–Kier alpha value is -2.24. The Kier molecular flexibility index (Phi) is 4.92. The minimum atomic E-state index is -0.0373. The Morgan fingerprint density at radius 2 is 1.75 bits per heavy atom. The first-order chi connectivity index (χ1) is 11.6. The van der Waals surface area contributed by atoms with Crippen molar-refractivity contribution in [2.24, 2.45) is 5.92 Å². The van der Waals surface area contributed by atoms with Gasteiger partial charge in [-0.05, 0) is 24.5 Å². The first-order valence-electron chi connectivity index (χ1n) is 8.52. The molecule has 1 aromatic rings. The van der Waals surface area contributed by atoms with Crippen molar-refractivity contribution in [1.29, 1.82) is 0 Å². The van der Waals surface area contributed by atoms with E-state index in [-0.39, 0.29) is 17.9 Å². The molecule has 0 N–H and O–H groups in total. The molecule has 0 unspecified atom stereocenters. The minimum Gasteiger partial charge on any atom is -0.493 e. The van der Waals surface area contributed by atoms with Crippen LogP contribution in [0, 0.1) is 5.92 Å². The third kappa shape index (κ3) is 3.47. The van der Waals surface area contributed by atoms with E-state index in [1.54, 1.807) is 23.9 Å². The second-order valence-electron chi connectivity index (χ2n) is 6.64. The van der Waals surface area contributed by atoms with Gasteiger partial charge in [-0.15, -0.1) is 0 Å². The van der Waals surface area contributed by atoms with E-state index in [0.717, 1.165) is 24.2 Å². The van der Waals surface area contributed by atoms with Gasteiger partial charge in [0.25, 0.3) is 0 Å². The van der Waals surface area contributed by atoms with Gasteiger partial charge in [0.15, 0.2) is 0 Å². The van der Waals surface area contributed by atoms with E-state index in [1.807, 2.05) is 29.2 Å². The van der Waals surface area contributed by atoms with Crippen LogP contribution in [0.1, 0.15) is 12.0 Å². The summed E-state index contributed by atoms with van der Waals surface area (Å²) in [6.07, 6.45) is 1.47. The molecule has 2 aliphatic heterocycles. The molecular formula is C18H25N3O3. The van der Waals surface area contributed by atoms with E-state index in [2.05, 4.69) is 0 Å². The average Bonchev–Trinajstić information content (AvgIpc) is 2.83. The summed E-state index contributed by atoms with van der Waals surface area (Å²) in [5.74, 6) is 1.05. The number of carbonyl (C=O) groups excluding carboxylic acids is 2. The fraction of sp³-hybridized carbons (Fsp3) is 0.556. The molecule has 1 atom stereocenters. The van der Waals surface area contributed by atoms with E-state index in [1.165, 1.54) is 0 Å².